The Balaban J connectivity index is 1.95. The molecule has 9 nitrogen and oxygen atoms in total. The molecule has 0 bridgehead atoms. The van der Waals surface area contributed by atoms with Crippen LogP contribution in [-0.2, 0) is 19.1 Å². The Bertz CT molecular complexity index is 811. The average molecular weight is 365 g/mol. The van der Waals surface area contributed by atoms with Crippen LogP contribution in [0.25, 0.3) is 0 Å². The van der Waals surface area contributed by atoms with E-state index < -0.39 is 23.3 Å². The molecule has 2 aliphatic rings. The number of benzene rings is 1. The molecule has 1 aromatic carbocycles. The zero-order valence-corrected chi connectivity index (χ0v) is 13.9. The van der Waals surface area contributed by atoms with E-state index in [1.807, 2.05) is 0 Å². The molecular formula is C15H13ClN4O5. The van der Waals surface area contributed by atoms with Crippen molar-refractivity contribution in [2.75, 3.05) is 11.5 Å². The molecule has 0 aromatic heterocycles. The van der Waals surface area contributed by atoms with Crippen LogP contribution in [-0.4, -0.2) is 40.8 Å². The Morgan fingerprint density at radius 3 is 2.80 bits per heavy atom. The fourth-order valence-corrected chi connectivity index (χ4v) is 3.10. The third-order valence-electron chi connectivity index (χ3n) is 4.01. The van der Waals surface area contributed by atoms with Gasteiger partial charge in [-0.2, -0.15) is 0 Å². The van der Waals surface area contributed by atoms with Gasteiger partial charge in [-0.3, -0.25) is 9.59 Å². The summed E-state index contributed by atoms with van der Waals surface area (Å²) in [5.74, 6) is -1.99. The van der Waals surface area contributed by atoms with Crippen molar-refractivity contribution in [3.63, 3.8) is 0 Å². The molecule has 1 aromatic rings. The molecule has 1 saturated heterocycles. The van der Waals surface area contributed by atoms with Gasteiger partial charge in [0, 0.05) is 11.4 Å². The lowest BCUT2D eigenvalue weighted by molar-refractivity contribution is -0.135. The summed E-state index contributed by atoms with van der Waals surface area (Å²) < 4.78 is 4.84. The first-order chi connectivity index (χ1) is 11.9. The molecule has 0 radical (unpaired) electrons. The van der Waals surface area contributed by atoms with E-state index in [4.69, 9.17) is 16.3 Å². The van der Waals surface area contributed by atoms with Crippen molar-refractivity contribution in [1.29, 1.82) is 0 Å². The van der Waals surface area contributed by atoms with E-state index in [0.29, 0.717) is 10.1 Å². The SMILES string of the molecule is CCOC(=O)C1=NN(N=O)[C@@]2(CC(=O)N(c3cccc(Cl)c3)C2=O)C1. The zero-order valence-electron chi connectivity index (χ0n) is 13.1. The predicted molar refractivity (Wildman–Crippen MR) is 87.6 cm³/mol. The van der Waals surface area contributed by atoms with Crippen LogP contribution in [0.15, 0.2) is 34.7 Å². The lowest BCUT2D eigenvalue weighted by Crippen LogP contribution is -2.48. The molecule has 2 heterocycles. The lowest BCUT2D eigenvalue weighted by atomic mass is 9.92. The zero-order chi connectivity index (χ0) is 18.2. The van der Waals surface area contributed by atoms with Crippen molar-refractivity contribution >= 4 is 40.8 Å². The second kappa shape index (κ2) is 6.25. The summed E-state index contributed by atoms with van der Waals surface area (Å²) in [6.07, 6.45) is -0.574. The average Bonchev–Trinajstić information content (AvgIpc) is 3.06. The Morgan fingerprint density at radius 1 is 1.40 bits per heavy atom. The van der Waals surface area contributed by atoms with Gasteiger partial charge < -0.3 is 4.74 Å². The summed E-state index contributed by atoms with van der Waals surface area (Å²) in [5, 5.41) is 7.40. The highest BCUT2D eigenvalue weighted by Crippen LogP contribution is 2.41. The number of anilines is 1. The first-order valence-electron chi connectivity index (χ1n) is 7.44. The number of nitrogens with zero attached hydrogens (tertiary/aromatic N) is 4. The van der Waals surface area contributed by atoms with Gasteiger partial charge in [-0.25, -0.2) is 9.69 Å². The van der Waals surface area contributed by atoms with Crippen LogP contribution >= 0.6 is 11.6 Å². The third-order valence-corrected chi connectivity index (χ3v) is 4.24. The molecule has 0 N–H and O–H groups in total. The normalized spacial score (nSPS) is 22.6. The van der Waals surface area contributed by atoms with Gasteiger partial charge >= 0.3 is 5.97 Å². The Kier molecular flexibility index (Phi) is 4.25. The van der Waals surface area contributed by atoms with E-state index in [-0.39, 0.29) is 30.8 Å². The number of carbonyl (C=O) groups excluding carboxylic acids is 3. The smallest absolute Gasteiger partial charge is 0.354 e. The van der Waals surface area contributed by atoms with Gasteiger partial charge in [0.1, 0.15) is 0 Å². The van der Waals surface area contributed by atoms with E-state index in [0.717, 1.165) is 4.90 Å². The fourth-order valence-electron chi connectivity index (χ4n) is 2.91. The summed E-state index contributed by atoms with van der Waals surface area (Å²) >= 11 is 5.91. The maximum atomic E-state index is 12.9. The van der Waals surface area contributed by atoms with E-state index in [9.17, 15) is 19.3 Å². The van der Waals surface area contributed by atoms with Gasteiger partial charge in [0.25, 0.3) is 5.91 Å². The van der Waals surface area contributed by atoms with Gasteiger partial charge in [-0.1, -0.05) is 17.7 Å². The van der Waals surface area contributed by atoms with Crippen molar-refractivity contribution < 1.29 is 19.1 Å². The number of hydrazone groups is 1. The summed E-state index contributed by atoms with van der Waals surface area (Å²) in [6, 6.07) is 6.19. The maximum Gasteiger partial charge on any atom is 0.354 e. The van der Waals surface area contributed by atoms with Gasteiger partial charge in [-0.15, -0.1) is 15.1 Å². The monoisotopic (exact) mass is 364 g/mol. The summed E-state index contributed by atoms with van der Waals surface area (Å²) in [4.78, 5) is 49.4. The number of amides is 2. The number of rotatable bonds is 4. The van der Waals surface area contributed by atoms with Crippen LogP contribution in [0.4, 0.5) is 5.69 Å². The molecule has 130 valence electrons. The molecule has 0 saturated carbocycles. The second-order valence-electron chi connectivity index (χ2n) is 5.54. The van der Waals surface area contributed by atoms with Crippen LogP contribution in [0, 0.1) is 4.91 Å². The highest BCUT2D eigenvalue weighted by atomic mass is 35.5. The van der Waals surface area contributed by atoms with Gasteiger partial charge in [0.2, 0.25) is 5.91 Å². The predicted octanol–water partition coefficient (Wildman–Crippen LogP) is 1.65. The molecule has 25 heavy (non-hydrogen) atoms. The van der Waals surface area contributed by atoms with E-state index in [1.54, 1.807) is 25.1 Å². The number of ether oxygens (including phenoxy) is 1. The van der Waals surface area contributed by atoms with Crippen molar-refractivity contribution in [2.24, 2.45) is 10.4 Å². The van der Waals surface area contributed by atoms with Crippen molar-refractivity contribution in [3.05, 3.63) is 34.2 Å². The van der Waals surface area contributed by atoms with Gasteiger partial charge in [0.15, 0.2) is 11.3 Å². The highest BCUT2D eigenvalue weighted by molar-refractivity contribution is 6.39. The van der Waals surface area contributed by atoms with Crippen LogP contribution in [0.5, 0.6) is 0 Å². The Hall–Kier alpha value is -2.81. The molecule has 0 aliphatic carbocycles. The van der Waals surface area contributed by atoms with Crippen LogP contribution in [0.2, 0.25) is 5.02 Å². The minimum Gasteiger partial charge on any atom is -0.461 e. The number of imide groups is 1. The van der Waals surface area contributed by atoms with Crippen LogP contribution in [0.1, 0.15) is 19.8 Å². The molecule has 2 aliphatic heterocycles. The standard InChI is InChI=1S/C15H13ClN4O5/c1-2-25-13(22)11-7-15(20(17-11)18-24)8-12(21)19(14(15)23)10-5-3-4-9(16)6-10/h3-6H,2,7-8H2,1H3/t15-/m1/s1. The highest BCUT2D eigenvalue weighted by Gasteiger charge is 2.61. The molecule has 2 amide bonds. The molecule has 1 fully saturated rings. The number of nitroso groups, excluding NO2 is 1. The Morgan fingerprint density at radius 2 is 2.16 bits per heavy atom. The molecule has 0 unspecified atom stereocenters. The molecule has 1 spiro atoms. The summed E-state index contributed by atoms with van der Waals surface area (Å²) in [5.41, 5.74) is -1.51. The maximum absolute atomic E-state index is 12.9. The minimum atomic E-state index is -1.65. The number of hydrogen-bond acceptors (Lipinski definition) is 7. The quantitative estimate of drug-likeness (QED) is 0.456. The van der Waals surface area contributed by atoms with Crippen molar-refractivity contribution in [1.82, 2.24) is 5.12 Å². The van der Waals surface area contributed by atoms with Gasteiger partial charge in [-0.05, 0) is 25.1 Å². The second-order valence-corrected chi connectivity index (χ2v) is 5.97. The van der Waals surface area contributed by atoms with Crippen LogP contribution < -0.4 is 4.90 Å². The minimum absolute atomic E-state index is 0.112. The summed E-state index contributed by atoms with van der Waals surface area (Å²) in [7, 11) is 0. The first kappa shape index (κ1) is 17.0. The fraction of sp³-hybridized carbons (Fsp3) is 0.333. The largest absolute Gasteiger partial charge is 0.461 e. The molecule has 10 heteroatoms. The third kappa shape index (κ3) is 2.66. The molecular weight excluding hydrogens is 352 g/mol. The topological polar surface area (TPSA) is 109 Å². The van der Waals surface area contributed by atoms with Crippen molar-refractivity contribution in [3.8, 4) is 0 Å². The van der Waals surface area contributed by atoms with Crippen molar-refractivity contribution in [2.45, 2.75) is 25.3 Å². The Labute approximate surface area is 147 Å². The lowest BCUT2D eigenvalue weighted by Gasteiger charge is -2.24. The van der Waals surface area contributed by atoms with Crippen LogP contribution in [0.3, 0.4) is 0 Å². The number of hydrogen-bond donors (Lipinski definition) is 0. The molecule has 3 rings (SSSR count). The number of esters is 1. The van der Waals surface area contributed by atoms with E-state index >= 15 is 0 Å². The molecule has 1 atom stereocenters. The van der Waals surface area contributed by atoms with E-state index in [2.05, 4.69) is 10.4 Å². The number of carbonyl (C=O) groups is 3. The number of halogens is 1. The first-order valence-corrected chi connectivity index (χ1v) is 7.82. The van der Waals surface area contributed by atoms with E-state index in [1.165, 1.54) is 6.07 Å². The van der Waals surface area contributed by atoms with Gasteiger partial charge in [0.05, 0.1) is 24.0 Å². The summed E-state index contributed by atoms with van der Waals surface area (Å²) in [6.45, 7) is 1.73.